The van der Waals surface area contributed by atoms with E-state index in [1.807, 2.05) is 60.6 Å². The highest BCUT2D eigenvalue weighted by Gasteiger charge is 2.80. The normalized spacial score (nSPS) is 33.3. The van der Waals surface area contributed by atoms with Crippen LogP contribution in [0.4, 0.5) is 0 Å². The van der Waals surface area contributed by atoms with Crippen LogP contribution in [0, 0.1) is 40.4 Å². The number of rotatable bonds is 12. The number of carbonyl (C=O) groups excluding carboxylic acids is 9. The maximum Gasteiger partial charge on any atom is 0.329 e. The summed E-state index contributed by atoms with van der Waals surface area (Å²) in [5.74, 6) is -5.69. The number of cyclic esters (lactones) is 1. The minimum Gasteiger partial charge on any atom is -0.497 e. The number of aliphatic hydroxyl groups excluding tert-OH is 1. The number of carbonyl (C=O) groups is 9. The molecular weight excluding hydrogens is 1030 g/mol. The molecule has 4 saturated carbocycles. The van der Waals surface area contributed by atoms with Crippen LogP contribution in [0.25, 0.3) is 0 Å². The van der Waals surface area contributed by atoms with Crippen molar-refractivity contribution < 1.29 is 62.5 Å². The minimum atomic E-state index is -1.61. The van der Waals surface area contributed by atoms with Gasteiger partial charge in [0.25, 0.3) is 5.91 Å². The quantitative estimate of drug-likeness (QED) is 0.217. The van der Waals surface area contributed by atoms with Gasteiger partial charge in [-0.25, -0.2) is 4.79 Å². The van der Waals surface area contributed by atoms with E-state index >= 15 is 14.4 Å². The van der Waals surface area contributed by atoms with Gasteiger partial charge >= 0.3 is 11.9 Å². The molecule has 4 N–H and O–H groups in total. The van der Waals surface area contributed by atoms with Crippen molar-refractivity contribution in [2.24, 2.45) is 40.4 Å². The van der Waals surface area contributed by atoms with Crippen LogP contribution in [-0.2, 0) is 65.6 Å². The molecule has 3 saturated heterocycles. The van der Waals surface area contributed by atoms with Crippen LogP contribution >= 0.6 is 0 Å². The van der Waals surface area contributed by atoms with Crippen molar-refractivity contribution in [2.45, 2.75) is 218 Å². The van der Waals surface area contributed by atoms with Gasteiger partial charge in [-0.05, 0) is 123 Å². The third-order valence-electron chi connectivity index (χ3n) is 19.5. The molecule has 1 aromatic carbocycles. The molecule has 20 heteroatoms. The van der Waals surface area contributed by atoms with Crippen LogP contribution in [0.1, 0.15) is 157 Å². The molecule has 7 fully saturated rings. The van der Waals surface area contributed by atoms with Crippen molar-refractivity contribution in [1.29, 1.82) is 0 Å². The molecule has 0 aromatic heterocycles. The number of methoxy groups -OCH3 is 1. The summed E-state index contributed by atoms with van der Waals surface area (Å²) in [7, 11) is 3.12. The van der Waals surface area contributed by atoms with Gasteiger partial charge in [0.05, 0.1) is 25.2 Å². The first kappa shape index (κ1) is 58.9. The average molecular weight is 1110 g/mol. The molecule has 1 aromatic rings. The number of amides is 7. The maximum absolute atomic E-state index is 15.8. The first-order chi connectivity index (χ1) is 37.8. The fourth-order valence-electron chi connectivity index (χ4n) is 14.3. The Bertz CT molecular complexity index is 2650. The fraction of sp³-hybridized carbons (Fsp3) is 0.750. The van der Waals surface area contributed by atoms with Crippen molar-refractivity contribution in [3.8, 4) is 5.75 Å². The summed E-state index contributed by atoms with van der Waals surface area (Å²) in [5, 5.41) is 21.5. The summed E-state index contributed by atoms with van der Waals surface area (Å²) >= 11 is 0. The Balaban J connectivity index is 1.09. The number of hydrogen-bond acceptors (Lipinski definition) is 13. The van der Waals surface area contributed by atoms with Crippen LogP contribution in [0.15, 0.2) is 18.2 Å². The molecule has 5 unspecified atom stereocenters. The molecule has 0 bridgehead atoms. The predicted octanol–water partition coefficient (Wildman–Crippen LogP) is 3.95. The number of benzene rings is 1. The summed E-state index contributed by atoms with van der Waals surface area (Å²) in [6, 6.07) is -0.531. The van der Waals surface area contributed by atoms with E-state index < -0.39 is 124 Å². The SMILES string of the molecule is CCC1C(C)C12NC(=O)C1(CC1NC(=O)[C@@H](CC(C)C)N(C)C(=O)[C@@H]1CCCN1C(=O)C1(C)CC1)C1(CC1)OC(=O)[C@@H]1Cc3ccc(OC)cc3CN1C(=O)[C@@H]1CCCN1C(=O)[C@H](CC(C)C)NC(=O)[C@H](C(C)C)OC(=O)C[C@@H]2O. The highest BCUT2D eigenvalue weighted by atomic mass is 16.6. The Morgan fingerprint density at radius 3 is 2.21 bits per heavy atom. The van der Waals surface area contributed by atoms with E-state index in [-0.39, 0.29) is 93.5 Å². The molecule has 4 aliphatic heterocycles. The molecular formula is C60H87N7O13. The lowest BCUT2D eigenvalue weighted by atomic mass is 9.90. The second kappa shape index (κ2) is 22.2. The van der Waals surface area contributed by atoms with Gasteiger partial charge in [0.15, 0.2) is 6.10 Å². The topological polar surface area (TPSA) is 251 Å². The van der Waals surface area contributed by atoms with Crippen LogP contribution < -0.4 is 20.7 Å². The van der Waals surface area contributed by atoms with E-state index in [0.29, 0.717) is 38.0 Å². The standard InChI is InChI=1S/C60H87N7O13/c1-12-39-35(8)60(39)46(68)29-47(69)79-48(34(6)7)50(71)61-40(25-32(2)3)51(72)65-23-13-16-42(65)53(74)67-31-37-27-38(78-11)18-17-36(37)28-44(67)54(75)80-58(21-22-58)59(55(76)63-60)30-45(59)62-49(70)43(26-33(4)5)64(10)52(73)41-15-14-24-66(41)56(77)57(9)19-20-57/h17-18,27,32-35,39-46,48,68H,12-16,19-26,28-31H2,1-11H3,(H,61,71)(H,62,70)(H,63,76)/t35?,39?,40-,41-,42-,43+,44-,45?,46-,48-,59?,60?/m0/s1. The Morgan fingerprint density at radius 2 is 1.60 bits per heavy atom. The lowest BCUT2D eigenvalue weighted by Crippen LogP contribution is -2.59. The molecule has 4 heterocycles. The number of aliphatic hydroxyl groups is 1. The summed E-state index contributed by atoms with van der Waals surface area (Å²) in [6.45, 7) is 17.4. The molecule has 7 amide bonds. The van der Waals surface area contributed by atoms with Crippen molar-refractivity contribution >= 4 is 53.3 Å². The van der Waals surface area contributed by atoms with Gasteiger partial charge in [0, 0.05) is 44.6 Å². The van der Waals surface area contributed by atoms with Gasteiger partial charge < -0.3 is 54.9 Å². The number of hydrogen-bond donors (Lipinski definition) is 4. The highest BCUT2D eigenvalue weighted by molar-refractivity contribution is 5.98. The van der Waals surface area contributed by atoms with Crippen LogP contribution in [0.2, 0.25) is 0 Å². The molecule has 12 atom stereocenters. The Hall–Kier alpha value is -5.79. The van der Waals surface area contributed by atoms with Gasteiger partial charge in [-0.1, -0.05) is 74.8 Å². The van der Waals surface area contributed by atoms with Crippen LogP contribution in [0.5, 0.6) is 5.75 Å². The first-order valence-electron chi connectivity index (χ1n) is 29.7. The summed E-state index contributed by atoms with van der Waals surface area (Å²) < 4.78 is 18.2. The first-order valence-corrected chi connectivity index (χ1v) is 29.7. The van der Waals surface area contributed by atoms with E-state index in [1.165, 1.54) is 21.8 Å². The third-order valence-corrected chi connectivity index (χ3v) is 19.5. The number of likely N-dealkylation sites (tertiary alicyclic amines) is 1. The largest absolute Gasteiger partial charge is 0.497 e. The van der Waals surface area contributed by atoms with E-state index in [9.17, 15) is 33.9 Å². The number of ether oxygens (including phenoxy) is 3. The third kappa shape index (κ3) is 10.7. The summed E-state index contributed by atoms with van der Waals surface area (Å²) in [4.78, 5) is 139. The van der Waals surface area contributed by atoms with Gasteiger partial charge in [-0.2, -0.15) is 0 Å². The zero-order valence-corrected chi connectivity index (χ0v) is 48.9. The van der Waals surface area contributed by atoms with Crippen LogP contribution in [0.3, 0.4) is 0 Å². The molecule has 4 aliphatic carbocycles. The summed E-state index contributed by atoms with van der Waals surface area (Å²) in [6.07, 6.45) is 1.41. The number of esters is 2. The Morgan fingerprint density at radius 1 is 0.900 bits per heavy atom. The second-order valence-corrected chi connectivity index (χ2v) is 26.2. The maximum atomic E-state index is 15.8. The van der Waals surface area contributed by atoms with E-state index in [1.54, 1.807) is 31.9 Å². The molecule has 8 aliphatic rings. The lowest BCUT2D eigenvalue weighted by molar-refractivity contribution is -0.170. The smallest absolute Gasteiger partial charge is 0.329 e. The minimum absolute atomic E-state index is 0.0185. The molecule has 440 valence electrons. The second-order valence-electron chi connectivity index (χ2n) is 26.2. The molecule has 9 rings (SSSR count). The summed E-state index contributed by atoms with van der Waals surface area (Å²) in [5.41, 5.74) is -3.46. The number of fused-ring (bicyclic) bond motifs is 4. The molecule has 3 spiro atoms. The van der Waals surface area contributed by atoms with E-state index in [0.717, 1.165) is 24.0 Å². The highest BCUT2D eigenvalue weighted by Crippen LogP contribution is 2.67. The van der Waals surface area contributed by atoms with E-state index in [4.69, 9.17) is 14.2 Å². The molecule has 80 heavy (non-hydrogen) atoms. The van der Waals surface area contributed by atoms with Crippen molar-refractivity contribution in [3.63, 3.8) is 0 Å². The number of nitrogens with zero attached hydrogens (tertiary/aromatic N) is 4. The zero-order valence-electron chi connectivity index (χ0n) is 48.9. The lowest BCUT2D eigenvalue weighted by Gasteiger charge is -2.40. The number of likely N-dealkylation sites (N-methyl/N-ethyl adjacent to an activating group) is 1. The van der Waals surface area contributed by atoms with Crippen molar-refractivity contribution in [3.05, 3.63) is 29.3 Å². The van der Waals surface area contributed by atoms with Gasteiger partial charge in [-0.15, -0.1) is 0 Å². The Kier molecular flexibility index (Phi) is 16.3. The fourth-order valence-corrected chi connectivity index (χ4v) is 14.3. The van der Waals surface area contributed by atoms with E-state index in [2.05, 4.69) is 16.0 Å². The molecule has 0 radical (unpaired) electrons. The van der Waals surface area contributed by atoms with Crippen molar-refractivity contribution in [2.75, 3.05) is 27.2 Å². The van der Waals surface area contributed by atoms with Crippen LogP contribution in [-0.4, -0.2) is 165 Å². The predicted molar refractivity (Wildman–Crippen MR) is 291 cm³/mol. The van der Waals surface area contributed by atoms with Gasteiger partial charge in [0.2, 0.25) is 35.4 Å². The molecule has 20 nitrogen and oxygen atoms in total. The number of nitrogens with one attached hydrogen (secondary N) is 3. The monoisotopic (exact) mass is 1110 g/mol. The Labute approximate surface area is 470 Å². The average Bonchev–Trinajstić information content (AvgIpc) is 4.58. The van der Waals surface area contributed by atoms with Gasteiger partial charge in [0.1, 0.15) is 47.0 Å². The van der Waals surface area contributed by atoms with Crippen molar-refractivity contribution in [1.82, 2.24) is 35.6 Å². The van der Waals surface area contributed by atoms with Gasteiger partial charge in [-0.3, -0.25) is 38.4 Å². The zero-order chi connectivity index (χ0) is 58.1.